The number of rotatable bonds is 9. The van der Waals surface area contributed by atoms with Gasteiger partial charge in [-0.3, -0.25) is 9.59 Å². The summed E-state index contributed by atoms with van der Waals surface area (Å²) >= 11 is 6.43. The molecule has 14 heteroatoms. The molecule has 3 N–H and O–H groups in total. The maximum Gasteiger partial charge on any atom is 0.391 e. The van der Waals surface area contributed by atoms with Crippen LogP contribution in [0, 0.1) is 11.3 Å². The molecule has 240 valence electrons. The molecule has 0 saturated heterocycles. The summed E-state index contributed by atoms with van der Waals surface area (Å²) in [7, 11) is 1.68. The van der Waals surface area contributed by atoms with Gasteiger partial charge >= 0.3 is 6.18 Å². The first-order chi connectivity index (χ1) is 20.5. The van der Waals surface area contributed by atoms with Gasteiger partial charge in [-0.15, -0.1) is 0 Å². The first-order valence-electron chi connectivity index (χ1n) is 14.2. The maximum absolute atomic E-state index is 13.2. The van der Waals surface area contributed by atoms with Crippen molar-refractivity contribution in [3.05, 3.63) is 46.5 Å². The van der Waals surface area contributed by atoms with E-state index in [1.165, 1.54) is 12.1 Å². The fraction of sp³-hybridized carbons (Fsp3) is 0.500. The first-order valence-corrected chi connectivity index (χ1v) is 14.5. The van der Waals surface area contributed by atoms with Gasteiger partial charge in [0.1, 0.15) is 12.4 Å². The third kappa shape index (κ3) is 8.10. The zero-order valence-electron chi connectivity index (χ0n) is 24.7. The third-order valence-electron chi connectivity index (χ3n) is 7.53. The lowest BCUT2D eigenvalue weighted by atomic mass is 9.85. The Kier molecular flexibility index (Phi) is 9.96. The molecule has 2 amide bonds. The summed E-state index contributed by atoms with van der Waals surface area (Å²) in [5.74, 6) is -1.97. The highest BCUT2D eigenvalue weighted by Gasteiger charge is 2.41. The van der Waals surface area contributed by atoms with E-state index in [1.807, 2.05) is 20.8 Å². The minimum atomic E-state index is -4.28. The van der Waals surface area contributed by atoms with Gasteiger partial charge in [0.2, 0.25) is 11.9 Å². The normalized spacial score (nSPS) is 17.5. The van der Waals surface area contributed by atoms with Gasteiger partial charge < -0.3 is 25.3 Å². The predicted molar refractivity (Wildman–Crippen MR) is 158 cm³/mol. The minimum absolute atomic E-state index is 0.0598. The fourth-order valence-electron chi connectivity index (χ4n) is 4.95. The Labute approximate surface area is 256 Å². The molecule has 1 aliphatic carbocycles. The Bertz CT molecular complexity index is 1510. The number of hydrogen-bond donors (Lipinski definition) is 3. The number of fused-ring (bicyclic) bond motifs is 1. The molecule has 0 spiro atoms. The van der Waals surface area contributed by atoms with Crippen molar-refractivity contribution in [2.45, 2.75) is 71.6 Å². The lowest BCUT2D eigenvalue weighted by molar-refractivity contribution is -0.182. The summed E-state index contributed by atoms with van der Waals surface area (Å²) < 4.78 is 72.2. The van der Waals surface area contributed by atoms with E-state index in [-0.39, 0.29) is 49.4 Å². The molecule has 0 atom stereocenters. The van der Waals surface area contributed by atoms with E-state index in [0.29, 0.717) is 27.7 Å². The van der Waals surface area contributed by atoms with Gasteiger partial charge in [-0.25, -0.2) is 13.8 Å². The van der Waals surface area contributed by atoms with Crippen LogP contribution in [0.15, 0.2) is 30.3 Å². The van der Waals surface area contributed by atoms with E-state index in [4.69, 9.17) is 16.3 Å². The van der Waals surface area contributed by atoms with Crippen molar-refractivity contribution in [1.82, 2.24) is 20.2 Å². The van der Waals surface area contributed by atoms with Crippen molar-refractivity contribution in [3.63, 3.8) is 0 Å². The van der Waals surface area contributed by atoms with Crippen molar-refractivity contribution >= 4 is 46.1 Å². The molecule has 4 rings (SSSR count). The summed E-state index contributed by atoms with van der Waals surface area (Å²) in [6, 6.07) is 7.53. The van der Waals surface area contributed by atoms with Crippen LogP contribution >= 0.6 is 11.6 Å². The Morgan fingerprint density at radius 3 is 2.39 bits per heavy atom. The quantitative estimate of drug-likeness (QED) is 0.216. The standard InChI is InChI=1S/C30H35ClF5N5O3/c1-29(2,3)27(43)37-14-16-5-10-20(31)21(11-16)39-28-40-22-12-19(24(44-15-25(32)33)13-23(22)41(28)4)26(42)38-18-8-6-17(7-9-18)30(34,35)36/h5,10-13,17-18,25H,6-9,14-15H2,1-4H3,(H,37,43)(H,38,42)(H,39,40). The summed E-state index contributed by atoms with van der Waals surface area (Å²) in [6.07, 6.45) is -7.01. The number of alkyl halides is 5. The largest absolute Gasteiger partial charge is 0.487 e. The van der Waals surface area contributed by atoms with Crippen LogP contribution in [0.25, 0.3) is 11.0 Å². The van der Waals surface area contributed by atoms with Crippen LogP contribution < -0.4 is 20.7 Å². The predicted octanol–water partition coefficient (Wildman–Crippen LogP) is 7.13. The number of carbonyl (C=O) groups is 2. The molecule has 2 aromatic carbocycles. The van der Waals surface area contributed by atoms with E-state index >= 15 is 0 Å². The second kappa shape index (κ2) is 13.2. The van der Waals surface area contributed by atoms with Crippen LogP contribution in [-0.4, -0.2) is 46.6 Å². The zero-order chi connectivity index (χ0) is 32.4. The Morgan fingerprint density at radius 1 is 1.09 bits per heavy atom. The highest BCUT2D eigenvalue weighted by atomic mass is 35.5. The third-order valence-corrected chi connectivity index (χ3v) is 7.86. The van der Waals surface area contributed by atoms with Crippen LogP contribution in [-0.2, 0) is 18.4 Å². The van der Waals surface area contributed by atoms with E-state index in [9.17, 15) is 31.5 Å². The number of halogens is 6. The molecule has 1 fully saturated rings. The van der Waals surface area contributed by atoms with E-state index in [2.05, 4.69) is 20.9 Å². The van der Waals surface area contributed by atoms with Crippen LogP contribution in [0.1, 0.15) is 62.4 Å². The van der Waals surface area contributed by atoms with E-state index < -0.39 is 42.5 Å². The number of hydrogen-bond acceptors (Lipinski definition) is 5. The summed E-state index contributed by atoms with van der Waals surface area (Å²) in [5, 5.41) is 9.13. The summed E-state index contributed by atoms with van der Waals surface area (Å²) in [6.45, 7) is 4.74. The van der Waals surface area contributed by atoms with Crippen molar-refractivity contribution in [1.29, 1.82) is 0 Å². The number of nitrogens with zero attached hydrogens (tertiary/aromatic N) is 2. The number of carbonyl (C=O) groups excluding carboxylic acids is 2. The number of imidazole rings is 1. The average molecular weight is 644 g/mol. The zero-order valence-corrected chi connectivity index (χ0v) is 25.5. The highest BCUT2D eigenvalue weighted by Crippen LogP contribution is 2.38. The number of benzene rings is 2. The van der Waals surface area contributed by atoms with E-state index in [1.54, 1.807) is 29.8 Å². The number of ether oxygens (including phenoxy) is 1. The summed E-state index contributed by atoms with van der Waals surface area (Å²) in [5.41, 5.74) is 1.46. The molecule has 3 aromatic rings. The Hall–Kier alpha value is -3.61. The number of amides is 2. The van der Waals surface area contributed by atoms with E-state index in [0.717, 1.165) is 5.56 Å². The molecular weight excluding hydrogens is 609 g/mol. The van der Waals surface area contributed by atoms with Crippen LogP contribution in [0.5, 0.6) is 5.75 Å². The van der Waals surface area contributed by atoms with Gasteiger partial charge in [0, 0.05) is 31.1 Å². The van der Waals surface area contributed by atoms with Gasteiger partial charge in [0.05, 0.1) is 33.2 Å². The van der Waals surface area contributed by atoms with Crippen LogP contribution in [0.3, 0.4) is 0 Å². The van der Waals surface area contributed by atoms with Crippen molar-refractivity contribution < 1.29 is 36.3 Å². The van der Waals surface area contributed by atoms with Crippen LogP contribution in [0.2, 0.25) is 5.02 Å². The second-order valence-corrected chi connectivity index (χ2v) is 12.4. The number of nitrogens with one attached hydrogen (secondary N) is 3. The molecule has 44 heavy (non-hydrogen) atoms. The highest BCUT2D eigenvalue weighted by molar-refractivity contribution is 6.33. The molecule has 0 bridgehead atoms. The van der Waals surface area contributed by atoms with Crippen molar-refractivity contribution in [2.24, 2.45) is 18.4 Å². The SMILES string of the molecule is Cn1c(Nc2cc(CNC(=O)C(C)(C)C)ccc2Cl)nc2cc(C(=O)NC3CCC(C(F)(F)F)CC3)c(OCC(F)F)cc21. The topological polar surface area (TPSA) is 97.3 Å². The molecule has 0 unspecified atom stereocenters. The lowest BCUT2D eigenvalue weighted by Crippen LogP contribution is -2.40. The summed E-state index contributed by atoms with van der Waals surface area (Å²) in [4.78, 5) is 30.1. The Balaban J connectivity index is 1.57. The molecule has 1 aromatic heterocycles. The maximum atomic E-state index is 13.2. The average Bonchev–Trinajstić information content (AvgIpc) is 3.24. The smallest absolute Gasteiger partial charge is 0.391 e. The van der Waals surface area contributed by atoms with Gasteiger partial charge in [-0.1, -0.05) is 38.4 Å². The molecule has 0 radical (unpaired) electrons. The molecule has 1 aliphatic rings. The van der Waals surface area contributed by atoms with Gasteiger partial charge in [-0.05, 0) is 49.4 Å². The van der Waals surface area contributed by atoms with Crippen LogP contribution in [0.4, 0.5) is 33.6 Å². The molecule has 8 nitrogen and oxygen atoms in total. The Morgan fingerprint density at radius 2 is 1.77 bits per heavy atom. The van der Waals surface area contributed by atoms with Gasteiger partial charge in [0.15, 0.2) is 0 Å². The van der Waals surface area contributed by atoms with Crippen molar-refractivity contribution in [2.75, 3.05) is 11.9 Å². The molecule has 1 heterocycles. The molecular formula is C30H35ClF5N5O3. The second-order valence-electron chi connectivity index (χ2n) is 12.0. The minimum Gasteiger partial charge on any atom is -0.487 e. The van der Waals surface area contributed by atoms with Crippen molar-refractivity contribution in [3.8, 4) is 5.75 Å². The van der Waals surface area contributed by atoms with Gasteiger partial charge in [0.25, 0.3) is 12.3 Å². The number of aromatic nitrogens is 2. The first kappa shape index (κ1) is 33.3. The number of anilines is 2. The van der Waals surface area contributed by atoms with Gasteiger partial charge in [-0.2, -0.15) is 13.2 Å². The molecule has 1 saturated carbocycles. The monoisotopic (exact) mass is 643 g/mol. The molecule has 0 aliphatic heterocycles. The lowest BCUT2D eigenvalue weighted by Gasteiger charge is -2.30. The number of aryl methyl sites for hydroxylation is 1. The fourth-order valence-corrected chi connectivity index (χ4v) is 5.12.